The maximum atomic E-state index is 13.8. The summed E-state index contributed by atoms with van der Waals surface area (Å²) in [6.45, 7) is 2.49. The Morgan fingerprint density at radius 1 is 1.32 bits per heavy atom. The van der Waals surface area contributed by atoms with Gasteiger partial charge in [-0.05, 0) is 49.1 Å². The summed E-state index contributed by atoms with van der Waals surface area (Å²) in [5.41, 5.74) is 3.00. The Balaban J connectivity index is 1.51. The third-order valence-electron chi connectivity index (χ3n) is 5.01. The Kier molecular flexibility index (Phi) is 5.13. The first-order chi connectivity index (χ1) is 13.5. The van der Waals surface area contributed by atoms with Crippen molar-refractivity contribution in [1.29, 1.82) is 0 Å². The van der Waals surface area contributed by atoms with Gasteiger partial charge in [-0.3, -0.25) is 4.79 Å². The molecule has 1 aliphatic carbocycles. The molecule has 1 amide bonds. The Morgan fingerprint density at radius 3 is 2.93 bits per heavy atom. The number of carbonyl (C=O) groups is 1. The van der Waals surface area contributed by atoms with Crippen LogP contribution in [0.5, 0.6) is 0 Å². The van der Waals surface area contributed by atoms with Crippen LogP contribution < -0.4 is 5.32 Å². The van der Waals surface area contributed by atoms with Crippen molar-refractivity contribution in [2.24, 2.45) is 0 Å². The average molecular weight is 399 g/mol. The van der Waals surface area contributed by atoms with Crippen LogP contribution >= 0.6 is 11.6 Å². The highest BCUT2D eigenvalue weighted by Gasteiger charge is 2.24. The van der Waals surface area contributed by atoms with Crippen molar-refractivity contribution in [2.75, 3.05) is 0 Å². The van der Waals surface area contributed by atoms with E-state index < -0.39 is 5.82 Å². The van der Waals surface area contributed by atoms with Crippen molar-refractivity contribution in [3.63, 3.8) is 0 Å². The van der Waals surface area contributed by atoms with Crippen molar-refractivity contribution >= 4 is 17.5 Å². The molecule has 1 aliphatic rings. The molecule has 28 heavy (non-hydrogen) atoms. The monoisotopic (exact) mass is 398 g/mol. The van der Waals surface area contributed by atoms with Crippen LogP contribution in [0.2, 0.25) is 5.02 Å². The SMILES string of the molecule is CCn1nc(-c2ccc(Cl)c(F)c2)nc1CC(=O)N[C@H]1CCc2ccccc21. The van der Waals surface area contributed by atoms with Gasteiger partial charge in [0.15, 0.2) is 5.82 Å². The lowest BCUT2D eigenvalue weighted by molar-refractivity contribution is -0.121. The molecule has 0 bridgehead atoms. The number of nitrogens with zero attached hydrogens (tertiary/aromatic N) is 3. The van der Waals surface area contributed by atoms with Crippen molar-refractivity contribution in [3.05, 3.63) is 70.3 Å². The highest BCUT2D eigenvalue weighted by molar-refractivity contribution is 6.30. The molecule has 0 saturated heterocycles. The molecular formula is C21H20ClFN4O. The fourth-order valence-electron chi connectivity index (χ4n) is 3.61. The van der Waals surface area contributed by atoms with Crippen LogP contribution in [0.15, 0.2) is 42.5 Å². The van der Waals surface area contributed by atoms with Crippen molar-refractivity contribution in [1.82, 2.24) is 20.1 Å². The van der Waals surface area contributed by atoms with Gasteiger partial charge in [0, 0.05) is 12.1 Å². The summed E-state index contributed by atoms with van der Waals surface area (Å²) in [5.74, 6) is 0.312. The predicted molar refractivity (Wildman–Crippen MR) is 105 cm³/mol. The quantitative estimate of drug-likeness (QED) is 0.703. The zero-order valence-corrected chi connectivity index (χ0v) is 16.2. The smallest absolute Gasteiger partial charge is 0.228 e. The van der Waals surface area contributed by atoms with Gasteiger partial charge in [0.1, 0.15) is 11.6 Å². The number of carbonyl (C=O) groups excluding carboxylic acids is 1. The van der Waals surface area contributed by atoms with Crippen LogP contribution in [0.3, 0.4) is 0 Å². The molecule has 0 aliphatic heterocycles. The minimum Gasteiger partial charge on any atom is -0.349 e. The Bertz CT molecular complexity index is 1030. The van der Waals surface area contributed by atoms with Gasteiger partial charge in [-0.15, -0.1) is 0 Å². The second kappa shape index (κ2) is 7.72. The molecular weight excluding hydrogens is 379 g/mol. The van der Waals surface area contributed by atoms with Gasteiger partial charge >= 0.3 is 0 Å². The van der Waals surface area contributed by atoms with E-state index in [0.29, 0.717) is 23.8 Å². The van der Waals surface area contributed by atoms with Crippen LogP contribution in [0, 0.1) is 5.82 Å². The average Bonchev–Trinajstić information content (AvgIpc) is 3.28. The summed E-state index contributed by atoms with van der Waals surface area (Å²) in [6, 6.07) is 12.7. The predicted octanol–water partition coefficient (Wildman–Crippen LogP) is 4.10. The Morgan fingerprint density at radius 2 is 2.14 bits per heavy atom. The van der Waals surface area contributed by atoms with Gasteiger partial charge in [-0.1, -0.05) is 35.9 Å². The zero-order chi connectivity index (χ0) is 19.7. The van der Waals surface area contributed by atoms with Crippen LogP contribution in [0.4, 0.5) is 4.39 Å². The number of aromatic nitrogens is 3. The van der Waals surface area contributed by atoms with E-state index in [9.17, 15) is 9.18 Å². The molecule has 7 heteroatoms. The Hall–Kier alpha value is -2.73. The summed E-state index contributed by atoms with van der Waals surface area (Å²) < 4.78 is 15.4. The molecule has 0 radical (unpaired) electrons. The van der Waals surface area contributed by atoms with E-state index in [1.165, 1.54) is 23.3 Å². The lowest BCUT2D eigenvalue weighted by atomic mass is 10.1. The molecule has 4 rings (SSSR count). The number of amides is 1. The third-order valence-corrected chi connectivity index (χ3v) is 5.32. The number of benzene rings is 2. The number of rotatable bonds is 5. The molecule has 1 atom stereocenters. The van der Waals surface area contributed by atoms with Crippen LogP contribution in [-0.2, 0) is 24.2 Å². The molecule has 0 fully saturated rings. The molecule has 3 aromatic rings. The van der Waals surface area contributed by atoms with Crippen LogP contribution in [0.25, 0.3) is 11.4 Å². The van der Waals surface area contributed by atoms with E-state index in [4.69, 9.17) is 11.6 Å². The van der Waals surface area contributed by atoms with Crippen LogP contribution in [-0.4, -0.2) is 20.7 Å². The van der Waals surface area contributed by atoms with E-state index in [2.05, 4.69) is 27.5 Å². The summed E-state index contributed by atoms with van der Waals surface area (Å²) >= 11 is 5.74. The maximum absolute atomic E-state index is 13.8. The first kappa shape index (κ1) is 18.6. The normalized spacial score (nSPS) is 15.5. The van der Waals surface area contributed by atoms with Gasteiger partial charge in [0.05, 0.1) is 17.5 Å². The van der Waals surface area contributed by atoms with Crippen molar-refractivity contribution in [2.45, 2.75) is 38.8 Å². The van der Waals surface area contributed by atoms with Gasteiger partial charge in [0.25, 0.3) is 0 Å². The topological polar surface area (TPSA) is 59.8 Å². The minimum atomic E-state index is -0.522. The number of fused-ring (bicyclic) bond motifs is 1. The molecule has 1 N–H and O–H groups in total. The molecule has 1 heterocycles. The number of hydrogen-bond acceptors (Lipinski definition) is 3. The number of halogens is 2. The van der Waals surface area contributed by atoms with E-state index in [1.54, 1.807) is 10.7 Å². The summed E-state index contributed by atoms with van der Waals surface area (Å²) in [4.78, 5) is 17.1. The van der Waals surface area contributed by atoms with E-state index in [1.807, 2.05) is 19.1 Å². The van der Waals surface area contributed by atoms with Gasteiger partial charge < -0.3 is 5.32 Å². The first-order valence-corrected chi connectivity index (χ1v) is 9.69. The van der Waals surface area contributed by atoms with E-state index in [-0.39, 0.29) is 23.4 Å². The largest absolute Gasteiger partial charge is 0.349 e. The van der Waals surface area contributed by atoms with Gasteiger partial charge in [0.2, 0.25) is 5.91 Å². The maximum Gasteiger partial charge on any atom is 0.228 e. The van der Waals surface area contributed by atoms with Gasteiger partial charge in [-0.25, -0.2) is 14.1 Å². The standard InChI is InChI=1S/C21H20ClFN4O/c1-2-27-19(25-21(26-27)14-7-9-16(22)17(23)11-14)12-20(28)24-18-10-8-13-5-3-4-6-15(13)18/h3-7,9,11,18H,2,8,10,12H2,1H3,(H,24,28)/t18-/m0/s1. The molecule has 0 spiro atoms. The second-order valence-electron chi connectivity index (χ2n) is 6.83. The second-order valence-corrected chi connectivity index (χ2v) is 7.24. The zero-order valence-electron chi connectivity index (χ0n) is 15.5. The van der Waals surface area contributed by atoms with Gasteiger partial charge in [-0.2, -0.15) is 5.10 Å². The number of aryl methyl sites for hydroxylation is 2. The molecule has 0 saturated carbocycles. The fraction of sp³-hybridized carbons (Fsp3) is 0.286. The molecule has 1 aromatic heterocycles. The molecule has 2 aromatic carbocycles. The van der Waals surface area contributed by atoms with Crippen molar-refractivity contribution in [3.8, 4) is 11.4 Å². The number of nitrogens with one attached hydrogen (secondary N) is 1. The molecule has 0 unspecified atom stereocenters. The third kappa shape index (κ3) is 3.64. The molecule has 144 valence electrons. The number of hydrogen-bond donors (Lipinski definition) is 1. The summed E-state index contributed by atoms with van der Waals surface area (Å²) in [5, 5.41) is 7.56. The highest BCUT2D eigenvalue weighted by atomic mass is 35.5. The fourth-order valence-corrected chi connectivity index (χ4v) is 3.73. The summed E-state index contributed by atoms with van der Waals surface area (Å²) in [6.07, 6.45) is 2.00. The molecule has 5 nitrogen and oxygen atoms in total. The van der Waals surface area contributed by atoms with Crippen LogP contribution in [0.1, 0.15) is 36.3 Å². The Labute approximate surface area is 167 Å². The minimum absolute atomic E-state index is 0.0338. The highest BCUT2D eigenvalue weighted by Crippen LogP contribution is 2.30. The lowest BCUT2D eigenvalue weighted by Gasteiger charge is -2.14. The summed E-state index contributed by atoms with van der Waals surface area (Å²) in [7, 11) is 0. The van der Waals surface area contributed by atoms with E-state index in [0.717, 1.165) is 12.8 Å². The first-order valence-electron chi connectivity index (χ1n) is 9.31. The van der Waals surface area contributed by atoms with Crippen molar-refractivity contribution < 1.29 is 9.18 Å². The van der Waals surface area contributed by atoms with E-state index >= 15 is 0 Å². The lowest BCUT2D eigenvalue weighted by Crippen LogP contribution is -2.29.